The van der Waals surface area contributed by atoms with E-state index in [-0.39, 0.29) is 24.1 Å². The third-order valence-electron chi connectivity index (χ3n) is 3.91. The number of hydrogen-bond donors (Lipinski definition) is 2. The molecule has 0 radical (unpaired) electrons. The summed E-state index contributed by atoms with van der Waals surface area (Å²) in [7, 11) is 0. The average molecular weight is 289 g/mol. The lowest BCUT2D eigenvalue weighted by molar-refractivity contribution is -0.120. The fraction of sp³-hybridized carbons (Fsp3) is 0.500. The van der Waals surface area contributed by atoms with Gasteiger partial charge in [-0.25, -0.2) is 9.50 Å². The van der Waals surface area contributed by atoms with E-state index in [1.54, 1.807) is 6.07 Å². The summed E-state index contributed by atoms with van der Waals surface area (Å²) < 4.78 is 1.43. The second-order valence-electron chi connectivity index (χ2n) is 5.60. The van der Waals surface area contributed by atoms with E-state index in [1.807, 2.05) is 17.9 Å². The van der Waals surface area contributed by atoms with E-state index < -0.39 is 0 Å². The van der Waals surface area contributed by atoms with Gasteiger partial charge in [-0.15, -0.1) is 0 Å². The quantitative estimate of drug-likeness (QED) is 0.851. The molecule has 1 saturated heterocycles. The summed E-state index contributed by atoms with van der Waals surface area (Å²) >= 11 is 0. The second kappa shape index (κ2) is 5.33. The minimum Gasteiger partial charge on any atom is -0.369 e. The molecule has 1 amide bonds. The number of fused-ring (bicyclic) bond motifs is 1. The molecule has 1 aliphatic rings. The molecule has 0 aromatic carbocycles. The Morgan fingerprint density at radius 1 is 1.48 bits per heavy atom. The summed E-state index contributed by atoms with van der Waals surface area (Å²) in [6.45, 7) is 2.90. The number of nitrogens with zero attached hydrogens (tertiary/aromatic N) is 3. The largest absolute Gasteiger partial charge is 0.369 e. The second-order valence-corrected chi connectivity index (χ2v) is 5.60. The number of hydrogen-bond acceptors (Lipinski definition) is 4. The third-order valence-corrected chi connectivity index (χ3v) is 3.91. The number of carbonyl (C=O) groups is 1. The predicted molar refractivity (Wildman–Crippen MR) is 77.9 cm³/mol. The first kappa shape index (κ1) is 13.8. The Kier molecular flexibility index (Phi) is 3.50. The number of nitrogens with two attached hydrogens (primary N) is 1. The molecule has 1 atom stereocenters. The lowest BCUT2D eigenvalue weighted by Gasteiger charge is -2.34. The molecule has 3 rings (SSSR count). The zero-order valence-electron chi connectivity index (χ0n) is 12.0. The van der Waals surface area contributed by atoms with E-state index in [4.69, 9.17) is 5.73 Å². The fourth-order valence-electron chi connectivity index (χ4n) is 3.02. The smallest absolute Gasteiger partial charge is 0.272 e. The summed E-state index contributed by atoms with van der Waals surface area (Å²) in [5, 5.41) is 2.95. The van der Waals surface area contributed by atoms with Crippen molar-refractivity contribution >= 4 is 11.6 Å². The molecule has 112 valence electrons. The number of carbonyl (C=O) groups excluding carboxylic acids is 1. The maximum atomic E-state index is 12.2. The molecule has 7 heteroatoms. The first-order valence-electron chi connectivity index (χ1n) is 7.16. The van der Waals surface area contributed by atoms with Crippen molar-refractivity contribution in [1.29, 1.82) is 0 Å². The SMILES string of the molecule is Cc1cc2nc(C3CCCCN3CC(N)=O)cc(=O)n2[nH]1. The van der Waals surface area contributed by atoms with E-state index in [0.29, 0.717) is 5.65 Å². The fourth-order valence-corrected chi connectivity index (χ4v) is 3.02. The minimum absolute atomic E-state index is 0.0147. The first-order chi connectivity index (χ1) is 10.0. The summed E-state index contributed by atoms with van der Waals surface area (Å²) in [5.41, 5.74) is 7.40. The molecule has 0 bridgehead atoms. The van der Waals surface area contributed by atoms with Gasteiger partial charge in [0.15, 0.2) is 5.65 Å². The van der Waals surface area contributed by atoms with Gasteiger partial charge in [0.2, 0.25) is 5.91 Å². The standard InChI is InChI=1S/C14H19N5O2/c1-9-6-13-16-10(7-14(21)19(13)17-9)11-4-2-3-5-18(11)8-12(15)20/h6-7,11,17H,2-5,8H2,1H3,(H2,15,20). The van der Waals surface area contributed by atoms with E-state index in [1.165, 1.54) is 4.52 Å². The molecule has 1 fully saturated rings. The first-order valence-corrected chi connectivity index (χ1v) is 7.16. The van der Waals surface area contributed by atoms with Crippen molar-refractivity contribution in [1.82, 2.24) is 19.5 Å². The normalized spacial score (nSPS) is 20.0. The number of piperidine rings is 1. The number of aryl methyl sites for hydroxylation is 1. The number of aromatic amines is 1. The van der Waals surface area contributed by atoms with Crippen molar-refractivity contribution < 1.29 is 4.79 Å². The number of H-pyrrole nitrogens is 1. The Hall–Kier alpha value is -2.15. The van der Waals surface area contributed by atoms with Gasteiger partial charge in [0.05, 0.1) is 18.3 Å². The molecule has 0 aliphatic carbocycles. The highest BCUT2D eigenvalue weighted by Gasteiger charge is 2.26. The highest BCUT2D eigenvalue weighted by molar-refractivity contribution is 5.76. The number of primary amides is 1. The molecule has 0 saturated carbocycles. The minimum atomic E-state index is -0.350. The molecular weight excluding hydrogens is 270 g/mol. The van der Waals surface area contributed by atoms with Gasteiger partial charge in [-0.05, 0) is 26.3 Å². The lowest BCUT2D eigenvalue weighted by Crippen LogP contribution is -2.40. The van der Waals surface area contributed by atoms with Crippen LogP contribution in [0.15, 0.2) is 16.9 Å². The molecule has 7 nitrogen and oxygen atoms in total. The topological polar surface area (TPSA) is 96.5 Å². The highest BCUT2D eigenvalue weighted by atomic mass is 16.1. The maximum Gasteiger partial charge on any atom is 0.272 e. The zero-order valence-corrected chi connectivity index (χ0v) is 12.0. The van der Waals surface area contributed by atoms with Crippen molar-refractivity contribution in [2.24, 2.45) is 5.73 Å². The van der Waals surface area contributed by atoms with Gasteiger partial charge in [0, 0.05) is 17.8 Å². The highest BCUT2D eigenvalue weighted by Crippen LogP contribution is 2.29. The molecule has 2 aromatic rings. The van der Waals surface area contributed by atoms with Crippen molar-refractivity contribution in [2.75, 3.05) is 13.1 Å². The monoisotopic (exact) mass is 289 g/mol. The number of aromatic nitrogens is 3. The summed E-state index contributed by atoms with van der Waals surface area (Å²) in [6.07, 6.45) is 2.99. The molecule has 21 heavy (non-hydrogen) atoms. The molecule has 3 heterocycles. The maximum absolute atomic E-state index is 12.2. The van der Waals surface area contributed by atoms with Crippen LogP contribution in [-0.4, -0.2) is 38.5 Å². The van der Waals surface area contributed by atoms with Crippen molar-refractivity contribution in [3.8, 4) is 0 Å². The molecule has 1 aliphatic heterocycles. The number of nitrogens with one attached hydrogen (secondary N) is 1. The van der Waals surface area contributed by atoms with Crippen LogP contribution in [0.3, 0.4) is 0 Å². The molecule has 0 spiro atoms. The van der Waals surface area contributed by atoms with E-state index >= 15 is 0 Å². The Labute approximate surface area is 121 Å². The number of amides is 1. The summed E-state index contributed by atoms with van der Waals surface area (Å²) in [4.78, 5) is 30.0. The third kappa shape index (κ3) is 2.69. The van der Waals surface area contributed by atoms with Crippen molar-refractivity contribution in [2.45, 2.75) is 32.2 Å². The van der Waals surface area contributed by atoms with Crippen LogP contribution in [0.4, 0.5) is 0 Å². The van der Waals surface area contributed by atoms with Gasteiger partial charge in [-0.3, -0.25) is 19.6 Å². The van der Waals surface area contributed by atoms with Gasteiger partial charge in [0.1, 0.15) is 0 Å². The van der Waals surface area contributed by atoms with Gasteiger partial charge < -0.3 is 5.73 Å². The van der Waals surface area contributed by atoms with E-state index in [0.717, 1.165) is 37.2 Å². The van der Waals surface area contributed by atoms with Crippen LogP contribution in [0.2, 0.25) is 0 Å². The Morgan fingerprint density at radius 2 is 2.29 bits per heavy atom. The van der Waals surface area contributed by atoms with Gasteiger partial charge in [0.25, 0.3) is 5.56 Å². The summed E-state index contributed by atoms with van der Waals surface area (Å²) in [6, 6.07) is 3.37. The van der Waals surface area contributed by atoms with E-state index in [2.05, 4.69) is 10.1 Å². The number of rotatable bonds is 3. The van der Waals surface area contributed by atoms with Crippen LogP contribution in [0.5, 0.6) is 0 Å². The van der Waals surface area contributed by atoms with Crippen LogP contribution in [0, 0.1) is 6.92 Å². The molecule has 1 unspecified atom stereocenters. The Morgan fingerprint density at radius 3 is 3.05 bits per heavy atom. The lowest BCUT2D eigenvalue weighted by atomic mass is 9.99. The molecule has 2 aromatic heterocycles. The van der Waals surface area contributed by atoms with Crippen LogP contribution >= 0.6 is 0 Å². The zero-order chi connectivity index (χ0) is 15.0. The Bertz CT molecular complexity index is 733. The molecule has 3 N–H and O–H groups in total. The number of likely N-dealkylation sites (tertiary alicyclic amines) is 1. The van der Waals surface area contributed by atoms with Crippen LogP contribution in [0.25, 0.3) is 5.65 Å². The van der Waals surface area contributed by atoms with E-state index in [9.17, 15) is 9.59 Å². The predicted octanol–water partition coefficient (Wildman–Crippen LogP) is 0.343. The van der Waals surface area contributed by atoms with Crippen molar-refractivity contribution in [3.05, 3.63) is 33.9 Å². The average Bonchev–Trinajstić information content (AvgIpc) is 2.80. The summed E-state index contributed by atoms with van der Waals surface area (Å²) in [5.74, 6) is -0.350. The van der Waals surface area contributed by atoms with Crippen LogP contribution in [-0.2, 0) is 4.79 Å². The van der Waals surface area contributed by atoms with Gasteiger partial charge in [-0.1, -0.05) is 6.42 Å². The van der Waals surface area contributed by atoms with Crippen LogP contribution in [0.1, 0.15) is 36.7 Å². The van der Waals surface area contributed by atoms with Crippen LogP contribution < -0.4 is 11.3 Å². The van der Waals surface area contributed by atoms with Gasteiger partial charge >= 0.3 is 0 Å². The molecular formula is C14H19N5O2. The Balaban J connectivity index is 2.00. The van der Waals surface area contributed by atoms with Gasteiger partial charge in [-0.2, -0.15) is 0 Å². The van der Waals surface area contributed by atoms with Crippen molar-refractivity contribution in [3.63, 3.8) is 0 Å².